The molecule has 0 unspecified atom stereocenters. The van der Waals surface area contributed by atoms with Gasteiger partial charge in [-0.3, -0.25) is 4.79 Å². The van der Waals surface area contributed by atoms with Crippen molar-refractivity contribution in [2.45, 2.75) is 32.7 Å². The van der Waals surface area contributed by atoms with Crippen molar-refractivity contribution in [1.82, 2.24) is 15.3 Å². The van der Waals surface area contributed by atoms with E-state index in [4.69, 9.17) is 4.74 Å². The standard InChI is InChI=1S/C22H26N4O2S/c1-3-18-11-19-20(24-14-25-22(19)29-18)26-9-5-7-16(13-26)21(27)23-12-15-6-4-8-17(10-15)28-2/h4,6,8,10-11,14,16H,3,5,7,9,12-13H2,1-2H3,(H,23,27)/t16-/m1/s1. The molecule has 1 aliphatic heterocycles. The molecule has 1 atom stereocenters. The highest BCUT2D eigenvalue weighted by Gasteiger charge is 2.27. The van der Waals surface area contributed by atoms with Gasteiger partial charge >= 0.3 is 0 Å². The van der Waals surface area contributed by atoms with E-state index in [1.807, 2.05) is 24.3 Å². The van der Waals surface area contributed by atoms with E-state index in [0.717, 1.165) is 53.2 Å². The second-order valence-electron chi connectivity index (χ2n) is 7.34. The minimum absolute atomic E-state index is 0.0383. The van der Waals surface area contributed by atoms with Crippen molar-refractivity contribution in [1.29, 1.82) is 0 Å². The number of piperidine rings is 1. The molecule has 1 N–H and O–H groups in total. The molecule has 3 aromatic rings. The molecule has 29 heavy (non-hydrogen) atoms. The number of ether oxygens (including phenoxy) is 1. The Balaban J connectivity index is 1.44. The molecule has 0 saturated carbocycles. The number of aromatic nitrogens is 2. The summed E-state index contributed by atoms with van der Waals surface area (Å²) < 4.78 is 5.26. The molecule has 0 radical (unpaired) electrons. The topological polar surface area (TPSA) is 67.4 Å². The summed E-state index contributed by atoms with van der Waals surface area (Å²) in [4.78, 5) is 26.4. The number of aryl methyl sites for hydroxylation is 1. The van der Waals surface area contributed by atoms with E-state index >= 15 is 0 Å². The summed E-state index contributed by atoms with van der Waals surface area (Å²) >= 11 is 1.72. The maximum atomic E-state index is 12.8. The van der Waals surface area contributed by atoms with Crippen LogP contribution >= 0.6 is 11.3 Å². The van der Waals surface area contributed by atoms with Crippen molar-refractivity contribution in [2.75, 3.05) is 25.1 Å². The normalized spacial score (nSPS) is 16.8. The van der Waals surface area contributed by atoms with Crippen molar-refractivity contribution in [3.63, 3.8) is 0 Å². The number of benzene rings is 1. The molecule has 7 heteroatoms. The maximum absolute atomic E-state index is 12.8. The number of carbonyl (C=O) groups is 1. The van der Waals surface area contributed by atoms with Crippen molar-refractivity contribution < 1.29 is 9.53 Å². The molecular formula is C22H26N4O2S. The van der Waals surface area contributed by atoms with Gasteiger partial charge in [-0.05, 0) is 43.0 Å². The summed E-state index contributed by atoms with van der Waals surface area (Å²) in [6.07, 6.45) is 4.52. The molecule has 0 bridgehead atoms. The van der Waals surface area contributed by atoms with E-state index in [-0.39, 0.29) is 11.8 Å². The van der Waals surface area contributed by atoms with Crippen LogP contribution in [0.25, 0.3) is 10.2 Å². The Morgan fingerprint density at radius 3 is 3.07 bits per heavy atom. The zero-order valence-electron chi connectivity index (χ0n) is 16.9. The van der Waals surface area contributed by atoms with E-state index in [1.54, 1.807) is 24.8 Å². The van der Waals surface area contributed by atoms with Crippen molar-refractivity contribution in [2.24, 2.45) is 5.92 Å². The molecule has 152 valence electrons. The highest BCUT2D eigenvalue weighted by Crippen LogP contribution is 2.32. The number of hydrogen-bond donors (Lipinski definition) is 1. The smallest absolute Gasteiger partial charge is 0.225 e. The summed E-state index contributed by atoms with van der Waals surface area (Å²) in [7, 11) is 1.65. The van der Waals surface area contributed by atoms with Gasteiger partial charge < -0.3 is 15.0 Å². The van der Waals surface area contributed by atoms with Crippen LogP contribution in [-0.4, -0.2) is 36.1 Å². The summed E-state index contributed by atoms with van der Waals surface area (Å²) in [6, 6.07) is 9.99. The average molecular weight is 411 g/mol. The van der Waals surface area contributed by atoms with Crippen molar-refractivity contribution >= 4 is 33.3 Å². The lowest BCUT2D eigenvalue weighted by Gasteiger charge is -2.33. The third-order valence-corrected chi connectivity index (χ3v) is 6.59. The Bertz CT molecular complexity index is 1000. The first-order valence-electron chi connectivity index (χ1n) is 10.1. The molecule has 1 aliphatic rings. The van der Waals surface area contributed by atoms with E-state index in [2.05, 4.69) is 33.2 Å². The summed E-state index contributed by atoms with van der Waals surface area (Å²) in [5, 5.41) is 4.19. The van der Waals surface area contributed by atoms with Gasteiger partial charge in [0.2, 0.25) is 5.91 Å². The lowest BCUT2D eigenvalue weighted by Crippen LogP contribution is -2.43. The molecule has 2 aromatic heterocycles. The Hall–Kier alpha value is -2.67. The first-order chi connectivity index (χ1) is 14.2. The Kier molecular flexibility index (Phi) is 5.94. The quantitative estimate of drug-likeness (QED) is 0.670. The number of thiophene rings is 1. The SMILES string of the molecule is CCc1cc2c(N3CCC[C@@H](C(=O)NCc4cccc(OC)c4)C3)ncnc2s1. The zero-order valence-corrected chi connectivity index (χ0v) is 17.7. The third-order valence-electron chi connectivity index (χ3n) is 5.40. The summed E-state index contributed by atoms with van der Waals surface area (Å²) in [5.41, 5.74) is 1.04. The molecular weight excluding hydrogens is 384 g/mol. The highest BCUT2D eigenvalue weighted by atomic mass is 32.1. The Morgan fingerprint density at radius 2 is 2.24 bits per heavy atom. The minimum Gasteiger partial charge on any atom is -0.497 e. The largest absolute Gasteiger partial charge is 0.497 e. The van der Waals surface area contributed by atoms with Crippen LogP contribution in [0.3, 0.4) is 0 Å². The summed E-state index contributed by atoms with van der Waals surface area (Å²) in [6.45, 7) is 4.27. The number of nitrogens with zero attached hydrogens (tertiary/aromatic N) is 3. The van der Waals surface area contributed by atoms with Crippen LogP contribution in [0.5, 0.6) is 5.75 Å². The fourth-order valence-electron chi connectivity index (χ4n) is 3.82. The lowest BCUT2D eigenvalue weighted by atomic mass is 9.97. The molecule has 0 aliphatic carbocycles. The zero-order chi connectivity index (χ0) is 20.2. The highest BCUT2D eigenvalue weighted by molar-refractivity contribution is 7.18. The average Bonchev–Trinajstić information content (AvgIpc) is 3.21. The van der Waals surface area contributed by atoms with Crippen molar-refractivity contribution in [3.8, 4) is 5.75 Å². The predicted octanol–water partition coefficient (Wildman–Crippen LogP) is 3.80. The maximum Gasteiger partial charge on any atom is 0.225 e. The lowest BCUT2D eigenvalue weighted by molar-refractivity contribution is -0.125. The van der Waals surface area contributed by atoms with Crippen molar-refractivity contribution in [3.05, 3.63) is 47.1 Å². The minimum atomic E-state index is -0.0383. The Labute approximate surface area is 174 Å². The van der Waals surface area contributed by atoms with Gasteiger partial charge in [-0.25, -0.2) is 9.97 Å². The number of anilines is 1. The second-order valence-corrected chi connectivity index (χ2v) is 8.45. The third kappa shape index (κ3) is 4.34. The van der Waals surface area contributed by atoms with Gasteiger partial charge in [0.25, 0.3) is 0 Å². The van der Waals surface area contributed by atoms with Crippen LogP contribution in [0.4, 0.5) is 5.82 Å². The molecule has 1 saturated heterocycles. The van der Waals surface area contributed by atoms with Gasteiger partial charge in [0.1, 0.15) is 22.7 Å². The van der Waals surface area contributed by atoms with Gasteiger partial charge in [-0.1, -0.05) is 19.1 Å². The van der Waals surface area contributed by atoms with E-state index < -0.39 is 0 Å². The van der Waals surface area contributed by atoms with Gasteiger partial charge in [0.15, 0.2) is 0 Å². The number of methoxy groups -OCH3 is 1. The van der Waals surface area contributed by atoms with Gasteiger partial charge in [0, 0.05) is 24.5 Å². The molecule has 6 nitrogen and oxygen atoms in total. The number of rotatable bonds is 6. The van der Waals surface area contributed by atoms with Crippen LogP contribution in [0.15, 0.2) is 36.7 Å². The number of carbonyl (C=O) groups excluding carboxylic acids is 1. The molecule has 3 heterocycles. The van der Waals surface area contributed by atoms with Gasteiger partial charge in [0.05, 0.1) is 18.4 Å². The molecule has 1 aromatic carbocycles. The fourth-order valence-corrected chi connectivity index (χ4v) is 4.75. The van der Waals surface area contributed by atoms with Crippen LogP contribution in [-0.2, 0) is 17.8 Å². The molecule has 1 amide bonds. The molecule has 0 spiro atoms. The first-order valence-corrected chi connectivity index (χ1v) is 10.9. The number of fused-ring (bicyclic) bond motifs is 1. The van der Waals surface area contributed by atoms with Crippen LogP contribution < -0.4 is 15.0 Å². The molecule has 1 fully saturated rings. The van der Waals surface area contributed by atoms with Crippen LogP contribution in [0.1, 0.15) is 30.2 Å². The van der Waals surface area contributed by atoms with Gasteiger partial charge in [-0.2, -0.15) is 0 Å². The predicted molar refractivity (Wildman–Crippen MR) is 117 cm³/mol. The van der Waals surface area contributed by atoms with Crippen LogP contribution in [0.2, 0.25) is 0 Å². The fraction of sp³-hybridized carbons (Fsp3) is 0.409. The summed E-state index contributed by atoms with van der Waals surface area (Å²) in [5.74, 6) is 1.82. The Morgan fingerprint density at radius 1 is 1.34 bits per heavy atom. The number of amides is 1. The number of nitrogens with one attached hydrogen (secondary N) is 1. The molecule has 4 rings (SSSR count). The van der Waals surface area contributed by atoms with Gasteiger partial charge in [-0.15, -0.1) is 11.3 Å². The monoisotopic (exact) mass is 410 g/mol. The van der Waals surface area contributed by atoms with E-state index in [0.29, 0.717) is 13.1 Å². The van der Waals surface area contributed by atoms with Crippen LogP contribution in [0, 0.1) is 5.92 Å². The number of hydrogen-bond acceptors (Lipinski definition) is 6. The second kappa shape index (κ2) is 8.78. The first kappa shape index (κ1) is 19.6. The van der Waals surface area contributed by atoms with E-state index in [1.165, 1.54) is 4.88 Å². The van der Waals surface area contributed by atoms with E-state index in [9.17, 15) is 4.79 Å².